The van der Waals surface area contributed by atoms with Crippen molar-refractivity contribution in [3.8, 4) is 17.2 Å². The van der Waals surface area contributed by atoms with Crippen molar-refractivity contribution in [3.05, 3.63) is 53.1 Å². The Balaban J connectivity index is 2.39. The lowest BCUT2D eigenvalue weighted by Gasteiger charge is -2.27. The molecular weight excluding hydrogens is 398 g/mol. The van der Waals surface area contributed by atoms with E-state index in [1.54, 1.807) is 32.9 Å². The van der Waals surface area contributed by atoms with Gasteiger partial charge in [0, 0.05) is 12.0 Å². The number of hydrogen-bond donors (Lipinski definition) is 4. The second-order valence-corrected chi connectivity index (χ2v) is 9.56. The van der Waals surface area contributed by atoms with Crippen LogP contribution in [-0.4, -0.2) is 38.8 Å². The van der Waals surface area contributed by atoms with Gasteiger partial charge in [-0.2, -0.15) is 0 Å². The van der Waals surface area contributed by atoms with E-state index in [0.717, 1.165) is 17.2 Å². The first-order chi connectivity index (χ1) is 14.2. The number of phenols is 3. The molecule has 1 atom stereocenters. The molecular formula is C24H31NO6. The van der Waals surface area contributed by atoms with Crippen molar-refractivity contribution >= 4 is 11.9 Å². The molecule has 2 aromatic rings. The van der Waals surface area contributed by atoms with E-state index in [1.165, 1.54) is 18.2 Å². The second kappa shape index (κ2) is 8.88. The second-order valence-electron chi connectivity index (χ2n) is 9.56. The van der Waals surface area contributed by atoms with Crippen molar-refractivity contribution in [1.82, 2.24) is 5.32 Å². The molecule has 7 nitrogen and oxygen atoms in total. The maximum absolute atomic E-state index is 12.9. The molecule has 4 N–H and O–H groups in total. The lowest BCUT2D eigenvalue weighted by Crippen LogP contribution is -2.45. The van der Waals surface area contributed by atoms with E-state index in [2.05, 4.69) is 5.32 Å². The third-order valence-corrected chi connectivity index (χ3v) is 4.56. The molecule has 0 aromatic heterocycles. The molecule has 2 rings (SSSR count). The fourth-order valence-electron chi connectivity index (χ4n) is 3.13. The zero-order valence-electron chi connectivity index (χ0n) is 18.8. The summed E-state index contributed by atoms with van der Waals surface area (Å²) in [5, 5.41) is 31.8. The van der Waals surface area contributed by atoms with Gasteiger partial charge in [0.15, 0.2) is 11.5 Å². The van der Waals surface area contributed by atoms with E-state index in [0.29, 0.717) is 0 Å². The highest BCUT2D eigenvalue weighted by molar-refractivity contribution is 5.97. The van der Waals surface area contributed by atoms with Gasteiger partial charge in [-0.05, 0) is 67.6 Å². The predicted octanol–water partition coefficient (Wildman–Crippen LogP) is 3.78. The average Bonchev–Trinajstić information content (AvgIpc) is 2.62. The summed E-state index contributed by atoms with van der Waals surface area (Å²) in [4.78, 5) is 25.7. The van der Waals surface area contributed by atoms with Gasteiger partial charge in [-0.3, -0.25) is 4.79 Å². The number of hydrogen-bond acceptors (Lipinski definition) is 6. The summed E-state index contributed by atoms with van der Waals surface area (Å²) in [5.74, 6) is -1.86. The van der Waals surface area contributed by atoms with Crippen LogP contribution in [0, 0.1) is 0 Å². The largest absolute Gasteiger partial charge is 0.508 e. The SMILES string of the molecule is CC(C)(C)OC(=O)[C@H](Cc1ccc(O)cc1C(C)(C)C)NC(=O)c1ccc(O)c(O)c1. The molecule has 2 aromatic carbocycles. The lowest BCUT2D eigenvalue weighted by atomic mass is 9.82. The van der Waals surface area contributed by atoms with Gasteiger partial charge >= 0.3 is 5.97 Å². The van der Waals surface area contributed by atoms with Crippen molar-refractivity contribution in [2.45, 2.75) is 65.0 Å². The van der Waals surface area contributed by atoms with Crippen LogP contribution in [0.1, 0.15) is 63.0 Å². The summed E-state index contributed by atoms with van der Waals surface area (Å²) in [6.07, 6.45) is 0.150. The van der Waals surface area contributed by atoms with Gasteiger partial charge in [0.2, 0.25) is 0 Å². The van der Waals surface area contributed by atoms with Gasteiger partial charge in [0.1, 0.15) is 17.4 Å². The van der Waals surface area contributed by atoms with E-state index in [9.17, 15) is 24.9 Å². The van der Waals surface area contributed by atoms with E-state index < -0.39 is 29.3 Å². The smallest absolute Gasteiger partial charge is 0.329 e. The fraction of sp³-hybridized carbons (Fsp3) is 0.417. The molecule has 0 aliphatic carbocycles. The predicted molar refractivity (Wildman–Crippen MR) is 117 cm³/mol. The normalized spacial score (nSPS) is 12.8. The Morgan fingerprint density at radius 3 is 2.13 bits per heavy atom. The van der Waals surface area contributed by atoms with Crippen molar-refractivity contribution in [3.63, 3.8) is 0 Å². The van der Waals surface area contributed by atoms with Crippen molar-refractivity contribution in [1.29, 1.82) is 0 Å². The average molecular weight is 430 g/mol. The Labute approximate surface area is 182 Å². The molecule has 0 fully saturated rings. The van der Waals surface area contributed by atoms with E-state index in [4.69, 9.17) is 4.74 Å². The number of nitrogens with one attached hydrogen (secondary N) is 1. The number of phenolic OH excluding ortho intramolecular Hbond substituents is 3. The minimum absolute atomic E-state index is 0.0885. The topological polar surface area (TPSA) is 116 Å². The maximum Gasteiger partial charge on any atom is 0.329 e. The molecule has 0 bridgehead atoms. The summed E-state index contributed by atoms with van der Waals surface area (Å²) in [5.41, 5.74) is 0.663. The first-order valence-electron chi connectivity index (χ1n) is 10.1. The van der Waals surface area contributed by atoms with E-state index in [1.807, 2.05) is 20.8 Å². The molecule has 168 valence electrons. The number of aromatic hydroxyl groups is 3. The van der Waals surface area contributed by atoms with Crippen LogP contribution in [0.3, 0.4) is 0 Å². The Hall–Kier alpha value is -3.22. The lowest BCUT2D eigenvalue weighted by molar-refractivity contribution is -0.157. The highest BCUT2D eigenvalue weighted by Crippen LogP contribution is 2.30. The van der Waals surface area contributed by atoms with Crippen LogP contribution in [0.4, 0.5) is 0 Å². The molecule has 0 saturated carbocycles. The van der Waals surface area contributed by atoms with Crippen LogP contribution in [0.25, 0.3) is 0 Å². The quantitative estimate of drug-likeness (QED) is 0.425. The number of rotatable bonds is 5. The number of carbonyl (C=O) groups is 2. The summed E-state index contributed by atoms with van der Waals surface area (Å²) in [7, 11) is 0. The summed E-state index contributed by atoms with van der Waals surface area (Å²) < 4.78 is 5.51. The minimum atomic E-state index is -1.01. The highest BCUT2D eigenvalue weighted by atomic mass is 16.6. The maximum atomic E-state index is 12.9. The molecule has 1 amide bonds. The summed E-state index contributed by atoms with van der Waals surface area (Å²) >= 11 is 0. The van der Waals surface area contributed by atoms with Crippen LogP contribution in [0.5, 0.6) is 17.2 Å². The highest BCUT2D eigenvalue weighted by Gasteiger charge is 2.29. The Morgan fingerprint density at radius 1 is 0.935 bits per heavy atom. The van der Waals surface area contributed by atoms with Gasteiger partial charge in [-0.15, -0.1) is 0 Å². The number of benzene rings is 2. The number of amides is 1. The molecule has 0 aliphatic rings. The third kappa shape index (κ3) is 6.64. The molecule has 0 aliphatic heterocycles. The molecule has 0 heterocycles. The molecule has 0 spiro atoms. The molecule has 31 heavy (non-hydrogen) atoms. The van der Waals surface area contributed by atoms with Crippen LogP contribution in [-0.2, 0) is 21.4 Å². The van der Waals surface area contributed by atoms with Gasteiger partial charge in [-0.25, -0.2) is 4.79 Å². The van der Waals surface area contributed by atoms with Gasteiger partial charge in [-0.1, -0.05) is 26.8 Å². The van der Waals surface area contributed by atoms with Gasteiger partial charge in [0.25, 0.3) is 5.91 Å². The number of esters is 1. The van der Waals surface area contributed by atoms with Crippen molar-refractivity contribution in [2.24, 2.45) is 0 Å². The number of carbonyl (C=O) groups excluding carboxylic acids is 2. The Morgan fingerprint density at radius 2 is 1.58 bits per heavy atom. The number of ether oxygens (including phenoxy) is 1. The Kier molecular flexibility index (Phi) is 6.89. The first kappa shape index (κ1) is 24.1. The van der Waals surface area contributed by atoms with Gasteiger partial charge in [0.05, 0.1) is 0 Å². The van der Waals surface area contributed by atoms with Crippen LogP contribution in [0.2, 0.25) is 0 Å². The first-order valence-corrected chi connectivity index (χ1v) is 10.1. The standard InChI is InChI=1S/C24H31NO6/c1-23(2,3)17-13-16(26)9-7-14(17)11-18(22(30)31-24(4,5)6)25-21(29)15-8-10-19(27)20(28)12-15/h7-10,12-13,18,26-28H,11H2,1-6H3,(H,25,29)/t18-/m0/s1. The molecule has 0 radical (unpaired) electrons. The van der Waals surface area contributed by atoms with E-state index >= 15 is 0 Å². The van der Waals surface area contributed by atoms with E-state index in [-0.39, 0.29) is 28.9 Å². The molecule has 0 saturated heterocycles. The fourth-order valence-corrected chi connectivity index (χ4v) is 3.13. The molecule has 7 heteroatoms. The summed E-state index contributed by atoms with van der Waals surface area (Å²) in [6.45, 7) is 11.2. The van der Waals surface area contributed by atoms with Crippen molar-refractivity contribution < 1.29 is 29.6 Å². The third-order valence-electron chi connectivity index (χ3n) is 4.56. The minimum Gasteiger partial charge on any atom is -0.508 e. The van der Waals surface area contributed by atoms with Crippen LogP contribution >= 0.6 is 0 Å². The van der Waals surface area contributed by atoms with Crippen molar-refractivity contribution in [2.75, 3.05) is 0 Å². The summed E-state index contributed by atoms with van der Waals surface area (Å²) in [6, 6.07) is 7.58. The molecule has 0 unspecified atom stereocenters. The zero-order chi connectivity index (χ0) is 23.6. The van der Waals surface area contributed by atoms with Crippen LogP contribution in [0.15, 0.2) is 36.4 Å². The van der Waals surface area contributed by atoms with Crippen LogP contribution < -0.4 is 5.32 Å². The Bertz CT molecular complexity index is 969. The monoisotopic (exact) mass is 429 g/mol. The van der Waals surface area contributed by atoms with Gasteiger partial charge < -0.3 is 25.4 Å². The zero-order valence-corrected chi connectivity index (χ0v) is 18.8.